The highest BCUT2D eigenvalue weighted by molar-refractivity contribution is 7.88. The van der Waals surface area contributed by atoms with Crippen molar-refractivity contribution in [3.8, 4) is 0 Å². The number of hydrogen-bond donors (Lipinski definition) is 3. The second-order valence-corrected chi connectivity index (χ2v) is 6.03. The summed E-state index contributed by atoms with van der Waals surface area (Å²) in [6.07, 6.45) is 1.07. The Hall–Kier alpha value is -1.60. The summed E-state index contributed by atoms with van der Waals surface area (Å²) in [5.74, 6) is 0. The van der Waals surface area contributed by atoms with Crippen molar-refractivity contribution in [1.82, 2.24) is 15.4 Å². The Bertz CT molecular complexity index is 502. The zero-order chi connectivity index (χ0) is 14.3. The van der Waals surface area contributed by atoms with E-state index < -0.39 is 10.0 Å². The Balaban J connectivity index is 2.28. The molecule has 0 saturated carbocycles. The third-order valence-corrected chi connectivity index (χ3v) is 3.15. The van der Waals surface area contributed by atoms with Crippen LogP contribution in [0.5, 0.6) is 0 Å². The van der Waals surface area contributed by atoms with Gasteiger partial charge in [0.25, 0.3) is 0 Å². The Labute approximate surface area is 113 Å². The van der Waals surface area contributed by atoms with E-state index in [0.717, 1.165) is 11.8 Å². The first-order valence-electron chi connectivity index (χ1n) is 5.92. The molecule has 0 aromatic heterocycles. The Morgan fingerprint density at radius 1 is 1.21 bits per heavy atom. The number of hydrogen-bond acceptors (Lipinski definition) is 3. The van der Waals surface area contributed by atoms with Gasteiger partial charge in [-0.1, -0.05) is 30.3 Å². The van der Waals surface area contributed by atoms with E-state index in [4.69, 9.17) is 0 Å². The SMILES string of the molecule is C[C@H](NC(=O)NCCNS(C)(=O)=O)c1ccccc1. The summed E-state index contributed by atoms with van der Waals surface area (Å²) in [6, 6.07) is 9.14. The van der Waals surface area contributed by atoms with Crippen LogP contribution in [0.4, 0.5) is 4.79 Å². The Morgan fingerprint density at radius 2 is 1.84 bits per heavy atom. The number of carbonyl (C=O) groups excluding carboxylic acids is 1. The molecule has 106 valence electrons. The lowest BCUT2D eigenvalue weighted by Crippen LogP contribution is -2.41. The number of benzene rings is 1. The predicted molar refractivity (Wildman–Crippen MR) is 74.2 cm³/mol. The maximum absolute atomic E-state index is 11.6. The molecular formula is C12H19N3O3S. The molecule has 1 aromatic carbocycles. The fraction of sp³-hybridized carbons (Fsp3) is 0.417. The molecule has 2 amide bonds. The van der Waals surface area contributed by atoms with Crippen LogP contribution in [-0.2, 0) is 10.0 Å². The number of amides is 2. The lowest BCUT2D eigenvalue weighted by Gasteiger charge is -2.15. The molecule has 0 aliphatic carbocycles. The summed E-state index contributed by atoms with van der Waals surface area (Å²) in [5, 5.41) is 5.35. The zero-order valence-corrected chi connectivity index (χ0v) is 11.8. The van der Waals surface area contributed by atoms with Crippen LogP contribution >= 0.6 is 0 Å². The molecule has 0 unspecified atom stereocenters. The van der Waals surface area contributed by atoms with Crippen LogP contribution in [0.25, 0.3) is 0 Å². The van der Waals surface area contributed by atoms with E-state index in [1.54, 1.807) is 0 Å². The van der Waals surface area contributed by atoms with Gasteiger partial charge in [-0.25, -0.2) is 17.9 Å². The van der Waals surface area contributed by atoms with Crippen LogP contribution in [-0.4, -0.2) is 33.8 Å². The minimum absolute atomic E-state index is 0.107. The van der Waals surface area contributed by atoms with Gasteiger partial charge in [-0.3, -0.25) is 0 Å². The summed E-state index contributed by atoms with van der Waals surface area (Å²) in [6.45, 7) is 2.29. The molecule has 1 aromatic rings. The Kier molecular flexibility index (Phi) is 5.78. The first kappa shape index (κ1) is 15.5. The average molecular weight is 285 g/mol. The van der Waals surface area contributed by atoms with Gasteiger partial charge in [0, 0.05) is 13.1 Å². The minimum atomic E-state index is -3.21. The van der Waals surface area contributed by atoms with Gasteiger partial charge in [0.2, 0.25) is 10.0 Å². The number of rotatable bonds is 6. The Morgan fingerprint density at radius 3 is 2.42 bits per heavy atom. The molecule has 0 aliphatic rings. The molecule has 7 heteroatoms. The molecule has 0 saturated heterocycles. The van der Waals surface area contributed by atoms with E-state index in [2.05, 4.69) is 15.4 Å². The van der Waals surface area contributed by atoms with Crippen molar-refractivity contribution in [1.29, 1.82) is 0 Å². The monoisotopic (exact) mass is 285 g/mol. The lowest BCUT2D eigenvalue weighted by molar-refractivity contribution is 0.238. The summed E-state index contributed by atoms with van der Waals surface area (Å²) in [7, 11) is -3.21. The largest absolute Gasteiger partial charge is 0.337 e. The molecule has 1 rings (SSSR count). The fourth-order valence-corrected chi connectivity index (χ4v) is 1.96. The highest BCUT2D eigenvalue weighted by Crippen LogP contribution is 2.10. The van der Waals surface area contributed by atoms with Crippen molar-refractivity contribution in [2.75, 3.05) is 19.3 Å². The molecule has 6 nitrogen and oxygen atoms in total. The van der Waals surface area contributed by atoms with Gasteiger partial charge < -0.3 is 10.6 Å². The molecule has 19 heavy (non-hydrogen) atoms. The van der Waals surface area contributed by atoms with E-state index in [0.29, 0.717) is 0 Å². The van der Waals surface area contributed by atoms with E-state index >= 15 is 0 Å². The van der Waals surface area contributed by atoms with Gasteiger partial charge >= 0.3 is 6.03 Å². The number of nitrogens with one attached hydrogen (secondary N) is 3. The molecule has 1 atom stereocenters. The second kappa shape index (κ2) is 7.10. The molecule has 0 spiro atoms. The van der Waals surface area contributed by atoms with Crippen LogP contribution in [0.3, 0.4) is 0 Å². The zero-order valence-electron chi connectivity index (χ0n) is 11.0. The van der Waals surface area contributed by atoms with Gasteiger partial charge in [-0.2, -0.15) is 0 Å². The van der Waals surface area contributed by atoms with Gasteiger partial charge in [0.1, 0.15) is 0 Å². The first-order valence-corrected chi connectivity index (χ1v) is 7.81. The van der Waals surface area contributed by atoms with E-state index in [1.807, 2.05) is 37.3 Å². The molecule has 0 aliphatic heterocycles. The van der Waals surface area contributed by atoms with Crippen LogP contribution in [0, 0.1) is 0 Å². The lowest BCUT2D eigenvalue weighted by atomic mass is 10.1. The van der Waals surface area contributed by atoms with Gasteiger partial charge in [-0.05, 0) is 12.5 Å². The molecular weight excluding hydrogens is 266 g/mol. The third kappa shape index (κ3) is 6.78. The fourth-order valence-electron chi connectivity index (χ4n) is 1.49. The van der Waals surface area contributed by atoms with Crippen LogP contribution in [0.15, 0.2) is 30.3 Å². The van der Waals surface area contributed by atoms with Crippen LogP contribution < -0.4 is 15.4 Å². The summed E-state index contributed by atoms with van der Waals surface area (Å²) < 4.78 is 23.9. The summed E-state index contributed by atoms with van der Waals surface area (Å²) in [4.78, 5) is 11.6. The van der Waals surface area contributed by atoms with Crippen molar-refractivity contribution in [2.24, 2.45) is 0 Å². The topological polar surface area (TPSA) is 87.3 Å². The summed E-state index contributed by atoms with van der Waals surface area (Å²) >= 11 is 0. The smallest absolute Gasteiger partial charge is 0.315 e. The van der Waals surface area contributed by atoms with Crippen molar-refractivity contribution in [3.63, 3.8) is 0 Å². The quantitative estimate of drug-likeness (QED) is 0.669. The van der Waals surface area contributed by atoms with Crippen molar-refractivity contribution >= 4 is 16.1 Å². The number of carbonyl (C=O) groups is 1. The van der Waals surface area contributed by atoms with Crippen molar-refractivity contribution in [2.45, 2.75) is 13.0 Å². The maximum atomic E-state index is 11.6. The van der Waals surface area contributed by atoms with E-state index in [1.165, 1.54) is 0 Å². The minimum Gasteiger partial charge on any atom is -0.337 e. The van der Waals surface area contributed by atoms with Crippen LogP contribution in [0.1, 0.15) is 18.5 Å². The number of urea groups is 1. The third-order valence-electron chi connectivity index (χ3n) is 2.42. The second-order valence-electron chi connectivity index (χ2n) is 4.20. The standard InChI is InChI=1S/C12H19N3O3S/c1-10(11-6-4-3-5-7-11)15-12(16)13-8-9-14-19(2,17)18/h3-7,10,14H,8-9H2,1-2H3,(H2,13,15,16)/t10-/m0/s1. The normalized spacial score (nSPS) is 12.7. The molecule has 0 radical (unpaired) electrons. The first-order chi connectivity index (χ1) is 8.88. The van der Waals surface area contributed by atoms with E-state index in [-0.39, 0.29) is 25.2 Å². The molecule has 0 fully saturated rings. The van der Waals surface area contributed by atoms with Gasteiger partial charge in [0.05, 0.1) is 12.3 Å². The van der Waals surface area contributed by atoms with Gasteiger partial charge in [-0.15, -0.1) is 0 Å². The maximum Gasteiger partial charge on any atom is 0.315 e. The highest BCUT2D eigenvalue weighted by atomic mass is 32.2. The summed E-state index contributed by atoms with van der Waals surface area (Å²) in [5.41, 5.74) is 1.01. The van der Waals surface area contributed by atoms with Crippen LogP contribution in [0.2, 0.25) is 0 Å². The molecule has 0 bridgehead atoms. The average Bonchev–Trinajstić information content (AvgIpc) is 2.34. The van der Waals surface area contributed by atoms with E-state index in [9.17, 15) is 13.2 Å². The number of sulfonamides is 1. The predicted octanol–water partition coefficient (Wildman–Crippen LogP) is 0.596. The van der Waals surface area contributed by atoms with Crippen molar-refractivity contribution < 1.29 is 13.2 Å². The van der Waals surface area contributed by atoms with Crippen molar-refractivity contribution in [3.05, 3.63) is 35.9 Å². The van der Waals surface area contributed by atoms with Gasteiger partial charge in [0.15, 0.2) is 0 Å². The highest BCUT2D eigenvalue weighted by Gasteiger charge is 2.08. The molecule has 3 N–H and O–H groups in total. The molecule has 0 heterocycles.